The van der Waals surface area contributed by atoms with Crippen LogP contribution in [0.1, 0.15) is 10.4 Å². The van der Waals surface area contributed by atoms with Gasteiger partial charge in [-0.15, -0.1) is 0 Å². The summed E-state index contributed by atoms with van der Waals surface area (Å²) in [5.74, 6) is -0.877. The summed E-state index contributed by atoms with van der Waals surface area (Å²) in [6.07, 6.45) is 0.467. The first-order valence-electron chi connectivity index (χ1n) is 3.49. The summed E-state index contributed by atoms with van der Waals surface area (Å²) in [6, 6.07) is 3.23. The summed E-state index contributed by atoms with van der Waals surface area (Å²) in [5, 5.41) is 25.3. The van der Waals surface area contributed by atoms with E-state index in [9.17, 15) is 9.18 Å². The number of phenolic OH excluding ortho intramolecular Hbond substituents is 1. The van der Waals surface area contributed by atoms with Crippen LogP contribution in [0, 0.1) is 5.82 Å². The fraction of sp³-hybridized carbons (Fsp3) is 0.222. The standard InChI is InChI=1S/C7H5FO2.2CH3O.Mg/c8-6-2-1-5(4-9)7(10)3-6;2*1-2;/h1-4,10H;2*1H3;/q;2*-1;+2. The first-order valence-corrected chi connectivity index (χ1v) is 3.49. The molecule has 0 atom stereocenters. The molecule has 0 aliphatic rings. The van der Waals surface area contributed by atoms with Crippen LogP contribution in [0.5, 0.6) is 5.75 Å². The first kappa shape index (κ1) is 19.8. The van der Waals surface area contributed by atoms with Gasteiger partial charge in [0, 0.05) is 6.07 Å². The number of hydrogen-bond donors (Lipinski definition) is 1. The van der Waals surface area contributed by atoms with Crippen LogP contribution >= 0.6 is 0 Å². The molecule has 6 heteroatoms. The Balaban J connectivity index is -0.000000258. The molecule has 0 saturated heterocycles. The maximum Gasteiger partial charge on any atom is 2.00 e. The van der Waals surface area contributed by atoms with Crippen molar-refractivity contribution in [2.45, 2.75) is 0 Å². The second-order valence-electron chi connectivity index (χ2n) is 1.82. The minimum Gasteiger partial charge on any atom is -0.857 e. The summed E-state index contributed by atoms with van der Waals surface area (Å²) < 4.78 is 12.2. The van der Waals surface area contributed by atoms with E-state index in [1.807, 2.05) is 0 Å². The van der Waals surface area contributed by atoms with Gasteiger partial charge in [-0.25, -0.2) is 4.39 Å². The van der Waals surface area contributed by atoms with E-state index in [0.717, 1.165) is 26.4 Å². The van der Waals surface area contributed by atoms with Gasteiger partial charge < -0.3 is 15.3 Å². The number of hydrogen-bond acceptors (Lipinski definition) is 4. The van der Waals surface area contributed by atoms with E-state index in [4.69, 9.17) is 15.3 Å². The molecule has 0 aliphatic carbocycles. The molecule has 4 nitrogen and oxygen atoms in total. The minimum absolute atomic E-state index is 0. The number of aldehydes is 1. The predicted octanol–water partition coefficient (Wildman–Crippen LogP) is -1.08. The van der Waals surface area contributed by atoms with Crippen LogP contribution in [0.15, 0.2) is 18.2 Å². The van der Waals surface area contributed by atoms with Crippen LogP contribution < -0.4 is 10.2 Å². The zero-order chi connectivity index (χ0) is 11.6. The van der Waals surface area contributed by atoms with Gasteiger partial charge in [-0.3, -0.25) is 4.79 Å². The first-order chi connectivity index (χ1) is 6.74. The number of carbonyl (C=O) groups excluding carboxylic acids is 1. The van der Waals surface area contributed by atoms with Crippen LogP contribution in [0.2, 0.25) is 0 Å². The normalized spacial score (nSPS) is 7.00. The molecule has 0 amide bonds. The second kappa shape index (κ2) is 13.3. The van der Waals surface area contributed by atoms with E-state index in [1.54, 1.807) is 0 Å². The average Bonchev–Trinajstić information content (AvgIpc) is 2.24. The number of rotatable bonds is 1. The molecule has 1 aromatic rings. The van der Waals surface area contributed by atoms with E-state index in [1.165, 1.54) is 6.07 Å². The molecular formula is C9H11FMgO4. The zero-order valence-corrected chi connectivity index (χ0v) is 9.98. The molecule has 0 aromatic heterocycles. The van der Waals surface area contributed by atoms with E-state index >= 15 is 0 Å². The van der Waals surface area contributed by atoms with Crippen molar-refractivity contribution in [2.24, 2.45) is 0 Å². The summed E-state index contributed by atoms with van der Waals surface area (Å²) in [5.41, 5.74) is 0.0985. The van der Waals surface area contributed by atoms with Gasteiger partial charge in [-0.1, -0.05) is 0 Å². The van der Waals surface area contributed by atoms with Crippen LogP contribution in [0.25, 0.3) is 0 Å². The Labute approximate surface area is 104 Å². The van der Waals surface area contributed by atoms with Crippen molar-refractivity contribution in [3.63, 3.8) is 0 Å². The van der Waals surface area contributed by atoms with Crippen LogP contribution in [0.4, 0.5) is 4.39 Å². The molecule has 0 fully saturated rings. The Morgan fingerprint density at radius 3 is 2.07 bits per heavy atom. The van der Waals surface area contributed by atoms with Crippen molar-refractivity contribution in [1.29, 1.82) is 0 Å². The van der Waals surface area contributed by atoms with E-state index in [0.29, 0.717) is 6.29 Å². The van der Waals surface area contributed by atoms with E-state index < -0.39 is 5.82 Å². The summed E-state index contributed by atoms with van der Waals surface area (Å²) in [4.78, 5) is 10.1. The molecule has 1 N–H and O–H groups in total. The molecule has 0 bridgehead atoms. The Morgan fingerprint density at radius 1 is 1.27 bits per heavy atom. The monoisotopic (exact) mass is 226 g/mol. The fourth-order valence-electron chi connectivity index (χ4n) is 0.616. The number of aromatic hydroxyl groups is 1. The molecule has 0 saturated carbocycles. The molecule has 15 heavy (non-hydrogen) atoms. The van der Waals surface area contributed by atoms with E-state index in [2.05, 4.69) is 0 Å². The third kappa shape index (κ3) is 8.31. The quantitative estimate of drug-likeness (QED) is 0.487. The minimum atomic E-state index is -0.553. The predicted molar refractivity (Wildman–Crippen MR) is 51.1 cm³/mol. The fourth-order valence-corrected chi connectivity index (χ4v) is 0.616. The van der Waals surface area contributed by atoms with Crippen molar-refractivity contribution in [2.75, 3.05) is 14.2 Å². The molecule has 0 radical (unpaired) electrons. The maximum atomic E-state index is 12.2. The molecule has 80 valence electrons. The summed E-state index contributed by atoms with van der Waals surface area (Å²) in [7, 11) is 1.50. The van der Waals surface area contributed by atoms with Gasteiger partial charge in [-0.05, 0) is 12.1 Å². The Kier molecular flexibility index (Phi) is 17.6. The van der Waals surface area contributed by atoms with Crippen molar-refractivity contribution in [3.05, 3.63) is 29.6 Å². The summed E-state index contributed by atoms with van der Waals surface area (Å²) in [6.45, 7) is 0. The molecule has 0 heterocycles. The molecule has 1 aromatic carbocycles. The number of halogens is 1. The van der Waals surface area contributed by atoms with Gasteiger partial charge in [0.2, 0.25) is 0 Å². The molecule has 0 unspecified atom stereocenters. The van der Waals surface area contributed by atoms with Crippen molar-refractivity contribution >= 4 is 29.3 Å². The Bertz CT molecular complexity index is 268. The van der Waals surface area contributed by atoms with Gasteiger partial charge in [0.25, 0.3) is 0 Å². The molecule has 1 rings (SSSR count). The van der Waals surface area contributed by atoms with Gasteiger partial charge in [0.05, 0.1) is 5.56 Å². The van der Waals surface area contributed by atoms with Crippen LogP contribution in [-0.4, -0.2) is 48.7 Å². The summed E-state index contributed by atoms with van der Waals surface area (Å²) >= 11 is 0. The average molecular weight is 226 g/mol. The van der Waals surface area contributed by atoms with Gasteiger partial charge in [-0.2, -0.15) is 14.2 Å². The van der Waals surface area contributed by atoms with Crippen LogP contribution in [-0.2, 0) is 0 Å². The van der Waals surface area contributed by atoms with Gasteiger partial charge in [0.1, 0.15) is 11.6 Å². The third-order valence-electron chi connectivity index (χ3n) is 1.12. The largest absolute Gasteiger partial charge is 2.00 e. The van der Waals surface area contributed by atoms with Gasteiger partial charge >= 0.3 is 23.1 Å². The zero-order valence-electron chi connectivity index (χ0n) is 8.57. The molecular weight excluding hydrogens is 215 g/mol. The second-order valence-corrected chi connectivity index (χ2v) is 1.82. The number of phenols is 1. The molecule has 0 spiro atoms. The third-order valence-corrected chi connectivity index (χ3v) is 1.12. The molecule has 0 aliphatic heterocycles. The van der Waals surface area contributed by atoms with Crippen molar-refractivity contribution < 1.29 is 24.5 Å². The number of carbonyl (C=O) groups is 1. The smallest absolute Gasteiger partial charge is 0.857 e. The van der Waals surface area contributed by atoms with Crippen LogP contribution in [0.3, 0.4) is 0 Å². The maximum absolute atomic E-state index is 12.2. The Hall–Kier alpha value is -0.694. The number of benzene rings is 1. The van der Waals surface area contributed by atoms with Crippen molar-refractivity contribution in [1.82, 2.24) is 0 Å². The van der Waals surface area contributed by atoms with Crippen molar-refractivity contribution in [3.8, 4) is 5.75 Å². The van der Waals surface area contributed by atoms with Gasteiger partial charge in [0.15, 0.2) is 6.29 Å². The Morgan fingerprint density at radius 2 is 1.73 bits per heavy atom. The topological polar surface area (TPSA) is 83.4 Å². The van der Waals surface area contributed by atoms with E-state index in [-0.39, 0.29) is 34.4 Å². The SMILES string of the molecule is C[O-].C[O-].O=Cc1ccc(F)cc1O.[Mg+2].